The number of likely N-dealkylation sites (N-methyl/N-ethyl adjacent to an activating group) is 1. The van der Waals surface area contributed by atoms with Crippen molar-refractivity contribution in [1.29, 1.82) is 0 Å². The number of amides is 2. The number of carbonyl (C=O) groups excluding carboxylic acids is 2. The third kappa shape index (κ3) is 4.65. The molecule has 1 N–H and O–H groups in total. The summed E-state index contributed by atoms with van der Waals surface area (Å²) in [5.41, 5.74) is 2.94. The molecule has 1 unspecified atom stereocenters. The predicted octanol–water partition coefficient (Wildman–Crippen LogP) is 2.09. The Morgan fingerprint density at radius 2 is 1.72 bits per heavy atom. The van der Waals surface area contributed by atoms with Crippen molar-refractivity contribution < 1.29 is 18.0 Å². The third-order valence-corrected chi connectivity index (χ3v) is 6.67. The fourth-order valence-electron chi connectivity index (χ4n) is 3.30. The summed E-state index contributed by atoms with van der Waals surface area (Å²) < 4.78 is 24.8. The highest BCUT2D eigenvalue weighted by molar-refractivity contribution is 7.94. The lowest BCUT2D eigenvalue weighted by atomic mass is 10.0. The van der Waals surface area contributed by atoms with Crippen LogP contribution >= 0.6 is 0 Å². The number of hydrogen-bond acceptors (Lipinski definition) is 5. The number of anilines is 1. The lowest BCUT2D eigenvalue weighted by Crippen LogP contribution is -2.34. The van der Waals surface area contributed by atoms with Gasteiger partial charge < -0.3 is 10.2 Å². The molecule has 2 aromatic carbocycles. The number of nitrogens with one attached hydrogen (secondary N) is 1. The van der Waals surface area contributed by atoms with Crippen LogP contribution in [0.1, 0.15) is 33.9 Å². The summed E-state index contributed by atoms with van der Waals surface area (Å²) in [6.07, 6.45) is -0.0183. The second-order valence-corrected chi connectivity index (χ2v) is 9.31. The first-order valence-electron chi connectivity index (χ1n) is 9.36. The Bertz CT molecular complexity index is 999. The number of rotatable bonds is 6. The van der Waals surface area contributed by atoms with Gasteiger partial charge >= 0.3 is 0 Å². The van der Waals surface area contributed by atoms with Crippen molar-refractivity contribution in [3.63, 3.8) is 0 Å². The molecule has 7 nitrogen and oxygen atoms in total. The van der Waals surface area contributed by atoms with Crippen LogP contribution in [0, 0.1) is 6.92 Å². The summed E-state index contributed by atoms with van der Waals surface area (Å²) in [7, 11) is 0.305. The smallest absolute Gasteiger partial charge is 0.251 e. The lowest BCUT2D eigenvalue weighted by Gasteiger charge is -2.25. The molecule has 1 fully saturated rings. The van der Waals surface area contributed by atoms with Gasteiger partial charge in [0, 0.05) is 18.5 Å². The first-order valence-corrected chi connectivity index (χ1v) is 11.0. The van der Waals surface area contributed by atoms with E-state index in [1.165, 1.54) is 29.8 Å². The summed E-state index contributed by atoms with van der Waals surface area (Å²) in [5, 5.41) is 2.93. The molecule has 1 aliphatic heterocycles. The van der Waals surface area contributed by atoms with Gasteiger partial charge in [-0.25, -0.2) is 12.7 Å². The summed E-state index contributed by atoms with van der Waals surface area (Å²) in [6, 6.07) is 14.2. The van der Waals surface area contributed by atoms with Crippen LogP contribution in [0.15, 0.2) is 48.5 Å². The monoisotopic (exact) mass is 415 g/mol. The minimum atomic E-state index is -3.61. The zero-order chi connectivity index (χ0) is 21.2. The average molecular weight is 416 g/mol. The van der Waals surface area contributed by atoms with Crippen LogP contribution in [0.25, 0.3) is 0 Å². The SMILES string of the molecule is Cc1ccc(C(CNC(=O)c2ccc(N3C(=O)CCS3(=O)=O)cc2)N(C)C)cc1. The summed E-state index contributed by atoms with van der Waals surface area (Å²) in [5.74, 6) is -0.890. The van der Waals surface area contributed by atoms with Gasteiger partial charge in [-0.3, -0.25) is 9.59 Å². The van der Waals surface area contributed by atoms with E-state index in [1.807, 2.05) is 38.1 Å². The van der Waals surface area contributed by atoms with Gasteiger partial charge in [0.2, 0.25) is 15.9 Å². The highest BCUT2D eigenvalue weighted by atomic mass is 32.2. The molecule has 0 aromatic heterocycles. The molecule has 29 heavy (non-hydrogen) atoms. The molecule has 0 radical (unpaired) electrons. The van der Waals surface area contributed by atoms with Crippen molar-refractivity contribution in [3.8, 4) is 0 Å². The average Bonchev–Trinajstić information content (AvgIpc) is 2.95. The van der Waals surface area contributed by atoms with Crippen molar-refractivity contribution >= 4 is 27.5 Å². The van der Waals surface area contributed by atoms with E-state index in [2.05, 4.69) is 17.4 Å². The molecule has 1 atom stereocenters. The fraction of sp³-hybridized carbons (Fsp3) is 0.333. The van der Waals surface area contributed by atoms with Gasteiger partial charge in [0.05, 0.1) is 17.5 Å². The highest BCUT2D eigenvalue weighted by Crippen LogP contribution is 2.25. The van der Waals surface area contributed by atoms with Crippen LogP contribution in [0.5, 0.6) is 0 Å². The topological polar surface area (TPSA) is 86.8 Å². The normalized spacial score (nSPS) is 16.8. The molecule has 0 aliphatic carbocycles. The first kappa shape index (κ1) is 21.0. The maximum Gasteiger partial charge on any atom is 0.251 e. The minimum absolute atomic E-state index is 0.0183. The maximum absolute atomic E-state index is 12.6. The zero-order valence-electron chi connectivity index (χ0n) is 16.8. The molecule has 3 rings (SSSR count). The van der Waals surface area contributed by atoms with E-state index in [1.54, 1.807) is 0 Å². The number of hydrogen-bond donors (Lipinski definition) is 1. The maximum atomic E-state index is 12.6. The lowest BCUT2D eigenvalue weighted by molar-refractivity contribution is -0.116. The molecule has 0 bridgehead atoms. The number of benzene rings is 2. The molecule has 8 heteroatoms. The van der Waals surface area contributed by atoms with E-state index >= 15 is 0 Å². The second-order valence-electron chi connectivity index (χ2n) is 7.37. The van der Waals surface area contributed by atoms with E-state index < -0.39 is 15.9 Å². The van der Waals surface area contributed by atoms with Crippen LogP contribution in [0.3, 0.4) is 0 Å². The number of aryl methyl sites for hydroxylation is 1. The number of nitrogens with zero attached hydrogens (tertiary/aromatic N) is 2. The molecular formula is C21H25N3O4S. The summed E-state index contributed by atoms with van der Waals surface area (Å²) in [6.45, 7) is 2.45. The van der Waals surface area contributed by atoms with E-state index in [-0.39, 0.29) is 29.8 Å². The van der Waals surface area contributed by atoms with Gasteiger partial charge in [0.15, 0.2) is 0 Å². The van der Waals surface area contributed by atoms with Gasteiger partial charge in [-0.15, -0.1) is 0 Å². The van der Waals surface area contributed by atoms with Crippen LogP contribution in [-0.2, 0) is 14.8 Å². The second kappa shape index (κ2) is 8.34. The largest absolute Gasteiger partial charge is 0.350 e. The van der Waals surface area contributed by atoms with Crippen molar-refractivity contribution in [2.24, 2.45) is 0 Å². The summed E-state index contributed by atoms with van der Waals surface area (Å²) >= 11 is 0. The number of sulfonamides is 1. The Balaban J connectivity index is 1.69. The molecule has 2 aromatic rings. The Morgan fingerprint density at radius 3 is 2.24 bits per heavy atom. The Morgan fingerprint density at radius 1 is 1.10 bits per heavy atom. The molecule has 154 valence electrons. The molecule has 2 amide bonds. The standard InChI is InChI=1S/C21H25N3O4S/c1-15-4-6-16(7-5-15)19(23(2)3)14-22-21(26)17-8-10-18(11-9-17)24-20(25)12-13-29(24,27)28/h4-11,19H,12-14H2,1-3H3,(H,22,26). The van der Waals surface area contributed by atoms with Crippen LogP contribution in [0.4, 0.5) is 5.69 Å². The molecule has 0 saturated carbocycles. The molecule has 1 aliphatic rings. The highest BCUT2D eigenvalue weighted by Gasteiger charge is 2.36. The Labute approximate surface area is 171 Å². The van der Waals surface area contributed by atoms with Crippen molar-refractivity contribution in [3.05, 3.63) is 65.2 Å². The van der Waals surface area contributed by atoms with Crippen molar-refractivity contribution in [2.75, 3.05) is 30.7 Å². The van der Waals surface area contributed by atoms with E-state index in [9.17, 15) is 18.0 Å². The van der Waals surface area contributed by atoms with Crippen LogP contribution in [-0.4, -0.2) is 51.5 Å². The molecule has 1 saturated heterocycles. The van der Waals surface area contributed by atoms with Gasteiger partial charge in [-0.05, 0) is 50.8 Å². The van der Waals surface area contributed by atoms with Crippen LogP contribution in [0.2, 0.25) is 0 Å². The van der Waals surface area contributed by atoms with Crippen molar-refractivity contribution in [1.82, 2.24) is 10.2 Å². The Hall–Kier alpha value is -2.71. The number of carbonyl (C=O) groups is 2. The van der Waals surface area contributed by atoms with Crippen LogP contribution < -0.4 is 9.62 Å². The van der Waals surface area contributed by atoms with E-state index in [4.69, 9.17) is 0 Å². The summed E-state index contributed by atoms with van der Waals surface area (Å²) in [4.78, 5) is 26.5. The van der Waals surface area contributed by atoms with Gasteiger partial charge in [0.1, 0.15) is 0 Å². The predicted molar refractivity (Wildman–Crippen MR) is 112 cm³/mol. The fourth-order valence-corrected chi connectivity index (χ4v) is 4.76. The Kier molecular flexibility index (Phi) is 6.04. The molecule has 1 heterocycles. The third-order valence-electron chi connectivity index (χ3n) is 4.98. The quantitative estimate of drug-likeness (QED) is 0.781. The van der Waals surface area contributed by atoms with Gasteiger partial charge in [0.25, 0.3) is 5.91 Å². The van der Waals surface area contributed by atoms with Crippen molar-refractivity contribution in [2.45, 2.75) is 19.4 Å². The zero-order valence-corrected chi connectivity index (χ0v) is 17.6. The van der Waals surface area contributed by atoms with E-state index in [0.717, 1.165) is 9.87 Å². The first-order chi connectivity index (χ1) is 13.7. The van der Waals surface area contributed by atoms with E-state index in [0.29, 0.717) is 12.1 Å². The van der Waals surface area contributed by atoms with Gasteiger partial charge in [-0.1, -0.05) is 29.8 Å². The molecular weight excluding hydrogens is 390 g/mol. The minimum Gasteiger partial charge on any atom is -0.350 e. The molecule has 0 spiro atoms. The van der Waals surface area contributed by atoms with Gasteiger partial charge in [-0.2, -0.15) is 0 Å².